The Hall–Kier alpha value is -2.76. The van der Waals surface area contributed by atoms with Crippen molar-refractivity contribution in [1.82, 2.24) is 5.32 Å². The van der Waals surface area contributed by atoms with Crippen LogP contribution in [0.15, 0.2) is 41.0 Å². The Balaban J connectivity index is 1.74. The van der Waals surface area contributed by atoms with Crippen molar-refractivity contribution in [2.75, 3.05) is 18.6 Å². The summed E-state index contributed by atoms with van der Waals surface area (Å²) in [6.45, 7) is 2.56. The van der Waals surface area contributed by atoms with Crippen LogP contribution in [0.3, 0.4) is 0 Å². The van der Waals surface area contributed by atoms with Gasteiger partial charge in [-0.25, -0.2) is 0 Å². The topological polar surface area (TPSA) is 71.8 Å². The monoisotopic (exact) mass is 328 g/mol. The number of para-hydroxylation sites is 1. The number of ether oxygens (including phenoxy) is 1. The van der Waals surface area contributed by atoms with Crippen LogP contribution in [0.1, 0.15) is 28.6 Å². The van der Waals surface area contributed by atoms with E-state index in [2.05, 4.69) is 34.0 Å². The standard InChI is InChI=1S/C18H20N2O4/c1-12-9-13-5-3-4-6-15(13)20(12)11-14-7-8-24-17(14)18(22)19-10-16(21)23-2/h3-8,12H,9-11H2,1-2H3,(H,19,22)/t12-/m0/s1. The number of fused-ring (bicyclic) bond motifs is 1. The van der Waals surface area contributed by atoms with Crippen molar-refractivity contribution in [3.8, 4) is 0 Å². The molecule has 6 nitrogen and oxygen atoms in total. The minimum absolute atomic E-state index is 0.182. The van der Waals surface area contributed by atoms with Crippen molar-refractivity contribution in [2.45, 2.75) is 25.9 Å². The molecule has 1 aromatic carbocycles. The van der Waals surface area contributed by atoms with E-state index >= 15 is 0 Å². The van der Waals surface area contributed by atoms with Gasteiger partial charge in [0.2, 0.25) is 0 Å². The molecule has 2 heterocycles. The largest absolute Gasteiger partial charge is 0.468 e. The van der Waals surface area contributed by atoms with Gasteiger partial charge in [-0.1, -0.05) is 18.2 Å². The molecule has 6 heteroatoms. The highest BCUT2D eigenvalue weighted by Gasteiger charge is 2.27. The highest BCUT2D eigenvalue weighted by molar-refractivity contribution is 5.94. The summed E-state index contributed by atoms with van der Waals surface area (Å²) < 4.78 is 9.85. The molecule has 0 radical (unpaired) electrons. The zero-order valence-electron chi connectivity index (χ0n) is 13.7. The SMILES string of the molecule is COC(=O)CNC(=O)c1occc1CN1c2ccccc2C[C@@H]1C. The molecule has 1 aliphatic rings. The van der Waals surface area contributed by atoms with Crippen LogP contribution >= 0.6 is 0 Å². The van der Waals surface area contributed by atoms with Crippen molar-refractivity contribution in [2.24, 2.45) is 0 Å². The molecule has 0 fully saturated rings. The molecule has 0 spiro atoms. The lowest BCUT2D eigenvalue weighted by Crippen LogP contribution is -2.32. The predicted octanol–water partition coefficient (Wildman–Crippen LogP) is 2.13. The van der Waals surface area contributed by atoms with Gasteiger partial charge in [0.1, 0.15) is 6.54 Å². The first-order valence-electron chi connectivity index (χ1n) is 7.86. The summed E-state index contributed by atoms with van der Waals surface area (Å²) in [4.78, 5) is 25.6. The third-order valence-electron chi connectivity index (χ3n) is 4.26. The fourth-order valence-corrected chi connectivity index (χ4v) is 3.02. The van der Waals surface area contributed by atoms with Gasteiger partial charge in [-0.3, -0.25) is 9.59 Å². The van der Waals surface area contributed by atoms with Gasteiger partial charge in [-0.15, -0.1) is 0 Å². The maximum Gasteiger partial charge on any atom is 0.325 e. The number of carbonyl (C=O) groups is 2. The maximum atomic E-state index is 12.2. The van der Waals surface area contributed by atoms with Crippen LogP contribution in [0.5, 0.6) is 0 Å². The quantitative estimate of drug-likeness (QED) is 0.852. The van der Waals surface area contributed by atoms with E-state index in [1.807, 2.05) is 12.1 Å². The van der Waals surface area contributed by atoms with Crippen LogP contribution in [0.2, 0.25) is 0 Å². The van der Waals surface area contributed by atoms with Crippen molar-refractivity contribution < 1.29 is 18.7 Å². The average Bonchev–Trinajstić information content (AvgIpc) is 3.17. The van der Waals surface area contributed by atoms with Crippen LogP contribution in [-0.4, -0.2) is 31.6 Å². The number of esters is 1. The van der Waals surface area contributed by atoms with Gasteiger partial charge in [-0.05, 0) is 31.0 Å². The molecule has 1 amide bonds. The lowest BCUT2D eigenvalue weighted by molar-refractivity contribution is -0.139. The second kappa shape index (κ2) is 6.78. The van der Waals surface area contributed by atoms with Crippen LogP contribution < -0.4 is 10.2 Å². The summed E-state index contributed by atoms with van der Waals surface area (Å²) in [5.41, 5.74) is 3.29. The molecule has 1 atom stereocenters. The first-order valence-corrected chi connectivity index (χ1v) is 7.86. The zero-order valence-corrected chi connectivity index (χ0v) is 13.7. The summed E-state index contributed by atoms with van der Waals surface area (Å²) in [6.07, 6.45) is 2.48. The molecule has 1 N–H and O–H groups in total. The van der Waals surface area contributed by atoms with Gasteiger partial charge in [0.25, 0.3) is 5.91 Å². The van der Waals surface area contributed by atoms with Crippen molar-refractivity contribution in [3.63, 3.8) is 0 Å². The number of anilines is 1. The number of hydrogen-bond acceptors (Lipinski definition) is 5. The van der Waals surface area contributed by atoms with Gasteiger partial charge in [0.05, 0.1) is 13.4 Å². The van der Waals surface area contributed by atoms with Crippen LogP contribution in [0.4, 0.5) is 5.69 Å². The minimum atomic E-state index is -0.501. The molecule has 0 aliphatic carbocycles. The Labute approximate surface area is 140 Å². The number of methoxy groups -OCH3 is 1. The number of rotatable bonds is 5. The smallest absolute Gasteiger partial charge is 0.325 e. The molecule has 0 unspecified atom stereocenters. The normalized spacial score (nSPS) is 15.9. The van der Waals surface area contributed by atoms with E-state index in [0.29, 0.717) is 12.6 Å². The molecule has 1 aliphatic heterocycles. The second-order valence-corrected chi connectivity index (χ2v) is 5.84. The van der Waals surface area contributed by atoms with E-state index in [-0.39, 0.29) is 12.3 Å². The predicted molar refractivity (Wildman–Crippen MR) is 88.8 cm³/mol. The number of nitrogens with one attached hydrogen (secondary N) is 1. The number of benzene rings is 1. The maximum absolute atomic E-state index is 12.2. The Kier molecular flexibility index (Phi) is 4.55. The number of furan rings is 1. The lowest BCUT2D eigenvalue weighted by atomic mass is 10.1. The summed E-state index contributed by atoms with van der Waals surface area (Å²) >= 11 is 0. The number of carbonyl (C=O) groups excluding carboxylic acids is 2. The zero-order chi connectivity index (χ0) is 17.1. The molecule has 24 heavy (non-hydrogen) atoms. The third kappa shape index (κ3) is 3.13. The molecule has 3 rings (SSSR count). The summed E-state index contributed by atoms with van der Waals surface area (Å²) in [5.74, 6) is -0.686. The van der Waals surface area contributed by atoms with E-state index in [0.717, 1.165) is 12.0 Å². The molecule has 0 bridgehead atoms. The van der Waals surface area contributed by atoms with Crippen LogP contribution in [-0.2, 0) is 22.5 Å². The summed E-state index contributed by atoms with van der Waals surface area (Å²) in [6, 6.07) is 10.4. The van der Waals surface area contributed by atoms with Crippen LogP contribution in [0, 0.1) is 0 Å². The van der Waals surface area contributed by atoms with E-state index < -0.39 is 11.9 Å². The first-order chi connectivity index (χ1) is 11.6. The molecule has 2 aromatic rings. The van der Waals surface area contributed by atoms with E-state index in [9.17, 15) is 9.59 Å². The third-order valence-corrected chi connectivity index (χ3v) is 4.26. The second-order valence-electron chi connectivity index (χ2n) is 5.84. The molecule has 1 aromatic heterocycles. The van der Waals surface area contributed by atoms with Crippen molar-refractivity contribution in [1.29, 1.82) is 0 Å². The van der Waals surface area contributed by atoms with E-state index in [1.165, 1.54) is 24.6 Å². The Morgan fingerprint density at radius 2 is 2.12 bits per heavy atom. The fourth-order valence-electron chi connectivity index (χ4n) is 3.02. The lowest BCUT2D eigenvalue weighted by Gasteiger charge is -2.24. The summed E-state index contributed by atoms with van der Waals surface area (Å²) in [5, 5.41) is 2.51. The molecular weight excluding hydrogens is 308 g/mol. The van der Waals surface area contributed by atoms with Gasteiger partial charge < -0.3 is 19.4 Å². The Morgan fingerprint density at radius 3 is 2.92 bits per heavy atom. The van der Waals surface area contributed by atoms with Crippen molar-refractivity contribution in [3.05, 3.63) is 53.5 Å². The minimum Gasteiger partial charge on any atom is -0.468 e. The highest BCUT2D eigenvalue weighted by atomic mass is 16.5. The Morgan fingerprint density at radius 1 is 1.33 bits per heavy atom. The molecule has 0 saturated carbocycles. The highest BCUT2D eigenvalue weighted by Crippen LogP contribution is 2.33. The van der Waals surface area contributed by atoms with E-state index in [1.54, 1.807) is 6.07 Å². The molecule has 126 valence electrons. The average molecular weight is 328 g/mol. The first kappa shape index (κ1) is 16.1. The van der Waals surface area contributed by atoms with Gasteiger partial charge in [-0.2, -0.15) is 0 Å². The fraction of sp³-hybridized carbons (Fsp3) is 0.333. The number of nitrogens with zero attached hydrogens (tertiary/aromatic N) is 1. The number of hydrogen-bond donors (Lipinski definition) is 1. The van der Waals surface area contributed by atoms with Gasteiger partial charge >= 0.3 is 5.97 Å². The van der Waals surface area contributed by atoms with E-state index in [4.69, 9.17) is 4.42 Å². The molecule has 0 saturated heterocycles. The Bertz CT molecular complexity index is 753. The van der Waals surface area contributed by atoms with Gasteiger partial charge in [0, 0.05) is 23.8 Å². The molecular formula is C18H20N2O4. The van der Waals surface area contributed by atoms with Gasteiger partial charge in [0.15, 0.2) is 5.76 Å². The van der Waals surface area contributed by atoms with Crippen molar-refractivity contribution >= 4 is 17.6 Å². The number of amides is 1. The van der Waals surface area contributed by atoms with Crippen LogP contribution in [0.25, 0.3) is 0 Å². The summed E-state index contributed by atoms with van der Waals surface area (Å²) in [7, 11) is 1.28.